The van der Waals surface area contributed by atoms with Crippen LogP contribution in [0.1, 0.15) is 24.2 Å². The third-order valence-electron chi connectivity index (χ3n) is 2.74. The second-order valence-electron chi connectivity index (χ2n) is 4.03. The Kier molecular flexibility index (Phi) is 4.22. The van der Waals surface area contributed by atoms with E-state index in [0.717, 1.165) is 18.7 Å². The quantitative estimate of drug-likeness (QED) is 0.852. The standard InChI is InChI=1S/C14H17N3/c1-12(13-5-4-8-15-11-13)16-10-7-14-6-2-3-9-17-14/h2-6,8-9,11-12,16H,7,10H2,1H3/t12-/m1/s1. The summed E-state index contributed by atoms with van der Waals surface area (Å²) in [6.45, 7) is 3.07. The van der Waals surface area contributed by atoms with Crippen LogP contribution in [-0.2, 0) is 6.42 Å². The molecule has 0 aliphatic heterocycles. The summed E-state index contributed by atoms with van der Waals surface area (Å²) in [5.41, 5.74) is 2.34. The molecule has 0 aromatic carbocycles. The first kappa shape index (κ1) is 11.7. The molecule has 2 rings (SSSR count). The number of nitrogens with one attached hydrogen (secondary N) is 1. The van der Waals surface area contributed by atoms with Gasteiger partial charge in [0.2, 0.25) is 0 Å². The van der Waals surface area contributed by atoms with Gasteiger partial charge in [0.25, 0.3) is 0 Å². The molecule has 0 unspecified atom stereocenters. The van der Waals surface area contributed by atoms with Crippen LogP contribution < -0.4 is 5.32 Å². The second-order valence-corrected chi connectivity index (χ2v) is 4.03. The first-order chi connectivity index (χ1) is 8.36. The molecule has 2 heterocycles. The number of hydrogen-bond donors (Lipinski definition) is 1. The lowest BCUT2D eigenvalue weighted by Crippen LogP contribution is -2.21. The van der Waals surface area contributed by atoms with Gasteiger partial charge in [-0.05, 0) is 30.7 Å². The van der Waals surface area contributed by atoms with E-state index in [9.17, 15) is 0 Å². The van der Waals surface area contributed by atoms with Gasteiger partial charge in [0.15, 0.2) is 0 Å². The molecule has 0 saturated heterocycles. The summed E-state index contributed by atoms with van der Waals surface area (Å²) in [4.78, 5) is 8.42. The lowest BCUT2D eigenvalue weighted by Gasteiger charge is -2.13. The van der Waals surface area contributed by atoms with E-state index in [1.807, 2.05) is 30.6 Å². The fraction of sp³-hybridized carbons (Fsp3) is 0.286. The van der Waals surface area contributed by atoms with Crippen LogP contribution in [0.3, 0.4) is 0 Å². The van der Waals surface area contributed by atoms with Gasteiger partial charge in [-0.15, -0.1) is 0 Å². The monoisotopic (exact) mass is 227 g/mol. The van der Waals surface area contributed by atoms with E-state index in [0.29, 0.717) is 6.04 Å². The molecule has 2 aromatic heterocycles. The Morgan fingerprint density at radius 3 is 2.82 bits per heavy atom. The average molecular weight is 227 g/mol. The molecule has 0 bridgehead atoms. The smallest absolute Gasteiger partial charge is 0.0416 e. The lowest BCUT2D eigenvalue weighted by molar-refractivity contribution is 0.572. The summed E-state index contributed by atoms with van der Waals surface area (Å²) < 4.78 is 0. The van der Waals surface area contributed by atoms with Gasteiger partial charge in [0, 0.05) is 43.3 Å². The lowest BCUT2D eigenvalue weighted by atomic mass is 10.1. The minimum absolute atomic E-state index is 0.326. The number of rotatable bonds is 5. The van der Waals surface area contributed by atoms with Crippen LogP contribution in [0, 0.1) is 0 Å². The molecule has 0 amide bonds. The van der Waals surface area contributed by atoms with Crippen LogP contribution in [0.5, 0.6) is 0 Å². The maximum absolute atomic E-state index is 4.30. The third-order valence-corrected chi connectivity index (χ3v) is 2.74. The van der Waals surface area contributed by atoms with Crippen molar-refractivity contribution in [1.82, 2.24) is 15.3 Å². The molecule has 1 atom stereocenters. The number of aromatic nitrogens is 2. The van der Waals surface area contributed by atoms with Gasteiger partial charge < -0.3 is 5.32 Å². The van der Waals surface area contributed by atoms with Crippen LogP contribution in [0.15, 0.2) is 48.9 Å². The van der Waals surface area contributed by atoms with Gasteiger partial charge >= 0.3 is 0 Å². The van der Waals surface area contributed by atoms with E-state index in [2.05, 4.69) is 34.3 Å². The van der Waals surface area contributed by atoms with Crippen molar-refractivity contribution in [1.29, 1.82) is 0 Å². The first-order valence-electron chi connectivity index (χ1n) is 5.89. The highest BCUT2D eigenvalue weighted by Gasteiger charge is 2.03. The minimum atomic E-state index is 0.326. The minimum Gasteiger partial charge on any atom is -0.310 e. The topological polar surface area (TPSA) is 37.8 Å². The molecule has 0 saturated carbocycles. The summed E-state index contributed by atoms with van der Waals surface area (Å²) in [6, 6.07) is 10.4. The molecule has 88 valence electrons. The maximum atomic E-state index is 4.30. The first-order valence-corrected chi connectivity index (χ1v) is 5.89. The van der Waals surface area contributed by atoms with Crippen molar-refractivity contribution in [2.24, 2.45) is 0 Å². The van der Waals surface area contributed by atoms with Crippen molar-refractivity contribution in [3.63, 3.8) is 0 Å². The van der Waals surface area contributed by atoms with Gasteiger partial charge in [-0.25, -0.2) is 0 Å². The molecule has 17 heavy (non-hydrogen) atoms. The fourth-order valence-corrected chi connectivity index (χ4v) is 1.71. The third kappa shape index (κ3) is 3.64. The summed E-state index contributed by atoms with van der Waals surface area (Å²) in [6.07, 6.45) is 6.48. The van der Waals surface area contributed by atoms with E-state index >= 15 is 0 Å². The summed E-state index contributed by atoms with van der Waals surface area (Å²) in [5.74, 6) is 0. The summed E-state index contributed by atoms with van der Waals surface area (Å²) >= 11 is 0. The highest BCUT2D eigenvalue weighted by Crippen LogP contribution is 2.09. The molecule has 0 fully saturated rings. The van der Waals surface area contributed by atoms with Crippen molar-refractivity contribution in [3.8, 4) is 0 Å². The van der Waals surface area contributed by atoms with E-state index in [1.54, 1.807) is 6.20 Å². The zero-order valence-corrected chi connectivity index (χ0v) is 10.0. The number of pyridine rings is 2. The van der Waals surface area contributed by atoms with E-state index in [1.165, 1.54) is 5.56 Å². The van der Waals surface area contributed by atoms with Crippen molar-refractivity contribution in [2.45, 2.75) is 19.4 Å². The normalized spacial score (nSPS) is 12.3. The molecular weight excluding hydrogens is 210 g/mol. The van der Waals surface area contributed by atoms with Crippen molar-refractivity contribution in [3.05, 3.63) is 60.2 Å². The zero-order valence-electron chi connectivity index (χ0n) is 10.0. The summed E-state index contributed by atoms with van der Waals surface area (Å²) in [5, 5.41) is 3.47. The van der Waals surface area contributed by atoms with Gasteiger partial charge in [-0.1, -0.05) is 12.1 Å². The molecule has 0 spiro atoms. The van der Waals surface area contributed by atoms with Gasteiger partial charge in [-0.3, -0.25) is 9.97 Å². The van der Waals surface area contributed by atoms with Gasteiger partial charge in [0.05, 0.1) is 0 Å². The van der Waals surface area contributed by atoms with Crippen LogP contribution in [-0.4, -0.2) is 16.5 Å². The van der Waals surface area contributed by atoms with Crippen LogP contribution in [0.2, 0.25) is 0 Å². The molecule has 3 heteroatoms. The van der Waals surface area contributed by atoms with Crippen LogP contribution in [0.25, 0.3) is 0 Å². The van der Waals surface area contributed by atoms with Gasteiger partial charge in [0.1, 0.15) is 0 Å². The number of hydrogen-bond acceptors (Lipinski definition) is 3. The average Bonchev–Trinajstić information content (AvgIpc) is 2.41. The maximum Gasteiger partial charge on any atom is 0.0416 e. The molecule has 2 aromatic rings. The molecule has 0 aliphatic rings. The molecule has 3 nitrogen and oxygen atoms in total. The Bertz CT molecular complexity index is 428. The van der Waals surface area contributed by atoms with E-state index < -0.39 is 0 Å². The Morgan fingerprint density at radius 2 is 2.12 bits per heavy atom. The molecule has 0 aliphatic carbocycles. The molecule has 1 N–H and O–H groups in total. The highest BCUT2D eigenvalue weighted by atomic mass is 14.9. The van der Waals surface area contributed by atoms with Gasteiger partial charge in [-0.2, -0.15) is 0 Å². The Labute approximate surface area is 102 Å². The number of nitrogens with zero attached hydrogens (tertiary/aromatic N) is 2. The van der Waals surface area contributed by atoms with Crippen molar-refractivity contribution >= 4 is 0 Å². The Hall–Kier alpha value is -1.74. The SMILES string of the molecule is C[C@@H](NCCc1ccccn1)c1cccnc1. The van der Waals surface area contributed by atoms with Crippen molar-refractivity contribution < 1.29 is 0 Å². The Morgan fingerprint density at radius 1 is 1.18 bits per heavy atom. The Balaban J connectivity index is 1.79. The fourth-order valence-electron chi connectivity index (χ4n) is 1.71. The van der Waals surface area contributed by atoms with Crippen LogP contribution in [0.4, 0.5) is 0 Å². The van der Waals surface area contributed by atoms with Crippen molar-refractivity contribution in [2.75, 3.05) is 6.54 Å². The predicted molar refractivity (Wildman–Crippen MR) is 68.6 cm³/mol. The highest BCUT2D eigenvalue weighted by molar-refractivity contribution is 5.12. The zero-order chi connectivity index (χ0) is 11.9. The summed E-state index contributed by atoms with van der Waals surface area (Å²) in [7, 11) is 0. The molecular formula is C14H17N3. The van der Waals surface area contributed by atoms with Crippen LogP contribution >= 0.6 is 0 Å². The second kappa shape index (κ2) is 6.11. The molecule has 0 radical (unpaired) electrons. The van der Waals surface area contributed by atoms with E-state index in [4.69, 9.17) is 0 Å². The predicted octanol–water partition coefficient (Wildman–Crippen LogP) is 2.37. The largest absolute Gasteiger partial charge is 0.310 e. The van der Waals surface area contributed by atoms with E-state index in [-0.39, 0.29) is 0 Å².